The molecule has 1 atom stereocenters. The Balaban J connectivity index is 1.95. The van der Waals surface area contributed by atoms with Gasteiger partial charge in [0.2, 0.25) is 0 Å². The fraction of sp³-hybridized carbons (Fsp3) is 0.636. The second-order valence-electron chi connectivity index (χ2n) is 4.09. The van der Waals surface area contributed by atoms with Crippen molar-refractivity contribution in [3.8, 4) is 0 Å². The van der Waals surface area contributed by atoms with Crippen molar-refractivity contribution in [2.45, 2.75) is 25.3 Å². The van der Waals surface area contributed by atoms with E-state index >= 15 is 0 Å². The van der Waals surface area contributed by atoms with Gasteiger partial charge in [0.15, 0.2) is 0 Å². The molecule has 14 heavy (non-hydrogen) atoms. The van der Waals surface area contributed by atoms with Gasteiger partial charge in [-0.3, -0.25) is 0 Å². The predicted octanol–water partition coefficient (Wildman–Crippen LogP) is 0.900. The van der Waals surface area contributed by atoms with E-state index in [4.69, 9.17) is 4.74 Å². The molecule has 3 rings (SSSR count). The highest BCUT2D eigenvalue weighted by atomic mass is 16.5. The molecule has 2 fully saturated rings. The Labute approximate surface area is 84.2 Å². The van der Waals surface area contributed by atoms with Gasteiger partial charge in [0.25, 0.3) is 0 Å². The molecule has 3 heteroatoms. The number of ether oxygens (including phenoxy) is 1. The summed E-state index contributed by atoms with van der Waals surface area (Å²) < 4.78 is 5.76. The molecule has 2 aliphatic heterocycles. The Hall–Kier alpha value is -0.960. The van der Waals surface area contributed by atoms with Gasteiger partial charge < -0.3 is 15.4 Å². The molecule has 0 radical (unpaired) electrons. The molecule has 1 aliphatic carbocycles. The number of fused-ring (bicyclic) bond motifs is 2. The minimum Gasteiger partial charge on any atom is -0.491 e. The average molecular weight is 192 g/mol. The third-order valence-corrected chi connectivity index (χ3v) is 3.15. The number of hydrogen-bond donors (Lipinski definition) is 2. The van der Waals surface area contributed by atoms with Gasteiger partial charge in [0, 0.05) is 13.1 Å². The van der Waals surface area contributed by atoms with E-state index in [9.17, 15) is 0 Å². The van der Waals surface area contributed by atoms with Crippen LogP contribution in [0.25, 0.3) is 0 Å². The van der Waals surface area contributed by atoms with Gasteiger partial charge in [-0.2, -0.15) is 0 Å². The summed E-state index contributed by atoms with van der Waals surface area (Å²) in [5.74, 6) is 1.14. The van der Waals surface area contributed by atoms with Crippen molar-refractivity contribution in [2.24, 2.45) is 0 Å². The van der Waals surface area contributed by atoms with Crippen molar-refractivity contribution < 1.29 is 4.74 Å². The van der Waals surface area contributed by atoms with Gasteiger partial charge in [-0.05, 0) is 24.8 Å². The van der Waals surface area contributed by atoms with Gasteiger partial charge in [-0.1, -0.05) is 6.08 Å². The summed E-state index contributed by atoms with van der Waals surface area (Å²) in [6.45, 7) is 2.96. The lowest BCUT2D eigenvalue weighted by Crippen LogP contribution is -2.48. The van der Waals surface area contributed by atoms with Crippen molar-refractivity contribution >= 4 is 0 Å². The minimum atomic E-state index is 0.473. The predicted molar refractivity (Wildman–Crippen MR) is 54.7 cm³/mol. The van der Waals surface area contributed by atoms with E-state index in [1.165, 1.54) is 24.1 Å². The maximum atomic E-state index is 5.76. The van der Waals surface area contributed by atoms with Crippen molar-refractivity contribution in [1.29, 1.82) is 0 Å². The summed E-state index contributed by atoms with van der Waals surface area (Å²) in [7, 11) is 0. The topological polar surface area (TPSA) is 33.3 Å². The number of nitrogens with one attached hydrogen (secondary N) is 2. The molecule has 0 saturated carbocycles. The van der Waals surface area contributed by atoms with Crippen LogP contribution in [0.4, 0.5) is 0 Å². The smallest absolute Gasteiger partial charge is 0.142 e. The fourth-order valence-electron chi connectivity index (χ4n) is 2.46. The van der Waals surface area contributed by atoms with Crippen LogP contribution in [0.15, 0.2) is 23.1 Å². The van der Waals surface area contributed by atoms with E-state index in [-0.39, 0.29) is 0 Å². The number of piperazine rings is 1. The molecule has 2 heterocycles. The van der Waals surface area contributed by atoms with Gasteiger partial charge in [-0.15, -0.1) is 0 Å². The molecule has 0 amide bonds. The van der Waals surface area contributed by atoms with E-state index in [0.717, 1.165) is 31.9 Å². The summed E-state index contributed by atoms with van der Waals surface area (Å²) in [6.07, 6.45) is 5.81. The third-order valence-electron chi connectivity index (χ3n) is 3.15. The molecular formula is C11H16N2O. The van der Waals surface area contributed by atoms with Crippen LogP contribution >= 0.6 is 0 Å². The maximum Gasteiger partial charge on any atom is 0.142 e. The van der Waals surface area contributed by atoms with Gasteiger partial charge in [0.05, 0.1) is 18.3 Å². The van der Waals surface area contributed by atoms with Crippen LogP contribution in [0, 0.1) is 0 Å². The number of allylic oxidation sites excluding steroid dienone is 1. The molecular weight excluding hydrogens is 176 g/mol. The first kappa shape index (κ1) is 8.36. The Morgan fingerprint density at radius 2 is 2.36 bits per heavy atom. The summed E-state index contributed by atoms with van der Waals surface area (Å²) in [4.78, 5) is 0. The van der Waals surface area contributed by atoms with E-state index < -0.39 is 0 Å². The highest BCUT2D eigenvalue weighted by Crippen LogP contribution is 2.32. The van der Waals surface area contributed by atoms with Gasteiger partial charge >= 0.3 is 0 Å². The Morgan fingerprint density at radius 3 is 3.36 bits per heavy atom. The Morgan fingerprint density at radius 1 is 1.36 bits per heavy atom. The molecule has 1 unspecified atom stereocenters. The first-order valence-corrected chi connectivity index (χ1v) is 5.49. The number of rotatable bonds is 0. The molecule has 2 saturated heterocycles. The van der Waals surface area contributed by atoms with Crippen LogP contribution in [0.5, 0.6) is 0 Å². The Kier molecular flexibility index (Phi) is 1.98. The monoisotopic (exact) mass is 192 g/mol. The molecule has 0 bridgehead atoms. The zero-order valence-electron chi connectivity index (χ0n) is 8.31. The van der Waals surface area contributed by atoms with Crippen LogP contribution in [-0.2, 0) is 4.74 Å². The van der Waals surface area contributed by atoms with Crippen LogP contribution in [0.3, 0.4) is 0 Å². The van der Waals surface area contributed by atoms with Crippen molar-refractivity contribution in [3.63, 3.8) is 0 Å². The van der Waals surface area contributed by atoms with Crippen LogP contribution in [0.2, 0.25) is 0 Å². The minimum absolute atomic E-state index is 0.473. The highest BCUT2D eigenvalue weighted by molar-refractivity contribution is 5.38. The van der Waals surface area contributed by atoms with Crippen LogP contribution < -0.4 is 10.6 Å². The lowest BCUT2D eigenvalue weighted by Gasteiger charge is -2.35. The first-order valence-electron chi connectivity index (χ1n) is 5.49. The molecule has 0 aromatic rings. The molecule has 76 valence electrons. The third kappa shape index (κ3) is 1.23. The summed E-state index contributed by atoms with van der Waals surface area (Å²) in [5.41, 5.74) is 2.71. The quantitative estimate of drug-likeness (QED) is 0.598. The zero-order chi connectivity index (χ0) is 9.38. The molecule has 2 N–H and O–H groups in total. The van der Waals surface area contributed by atoms with Gasteiger partial charge in [-0.25, -0.2) is 0 Å². The lowest BCUT2D eigenvalue weighted by molar-refractivity contribution is 0.181. The van der Waals surface area contributed by atoms with Crippen molar-refractivity contribution in [1.82, 2.24) is 10.6 Å². The van der Waals surface area contributed by atoms with Crippen molar-refractivity contribution in [3.05, 3.63) is 23.1 Å². The normalized spacial score (nSPS) is 30.9. The molecule has 3 aliphatic rings. The van der Waals surface area contributed by atoms with E-state index in [0.29, 0.717) is 6.04 Å². The summed E-state index contributed by atoms with van der Waals surface area (Å²) in [5, 5.41) is 6.98. The lowest BCUT2D eigenvalue weighted by atomic mass is 9.92. The average Bonchev–Trinajstić information content (AvgIpc) is 2.29. The largest absolute Gasteiger partial charge is 0.491 e. The standard InChI is InChI=1S/C11H16N2O/c1-2-8-3-4-9-10(11(8)14-7-1)13-6-5-12-9/h3,9,12-13H,1-2,4-7H2. The summed E-state index contributed by atoms with van der Waals surface area (Å²) in [6, 6.07) is 0.473. The molecule has 3 nitrogen and oxygen atoms in total. The zero-order valence-corrected chi connectivity index (χ0v) is 8.31. The molecule has 0 aromatic carbocycles. The van der Waals surface area contributed by atoms with Crippen LogP contribution in [-0.4, -0.2) is 25.7 Å². The Bertz CT molecular complexity index is 306. The number of hydrogen-bond acceptors (Lipinski definition) is 3. The first-order chi connectivity index (χ1) is 6.95. The summed E-state index contributed by atoms with van der Waals surface area (Å²) >= 11 is 0. The van der Waals surface area contributed by atoms with E-state index in [2.05, 4.69) is 16.7 Å². The SMILES string of the molecule is C1=C2CCCOC2=C2NCCNC2C1. The van der Waals surface area contributed by atoms with Gasteiger partial charge in [0.1, 0.15) is 5.76 Å². The second-order valence-corrected chi connectivity index (χ2v) is 4.09. The second kappa shape index (κ2) is 3.31. The van der Waals surface area contributed by atoms with E-state index in [1.54, 1.807) is 0 Å². The fourth-order valence-corrected chi connectivity index (χ4v) is 2.46. The maximum absolute atomic E-state index is 5.76. The highest BCUT2D eigenvalue weighted by Gasteiger charge is 2.28. The van der Waals surface area contributed by atoms with E-state index in [1.807, 2.05) is 0 Å². The van der Waals surface area contributed by atoms with Crippen molar-refractivity contribution in [2.75, 3.05) is 19.7 Å². The molecule has 0 spiro atoms. The van der Waals surface area contributed by atoms with Crippen LogP contribution in [0.1, 0.15) is 19.3 Å². The molecule has 0 aromatic heterocycles.